The van der Waals surface area contributed by atoms with Crippen LogP contribution in [0.25, 0.3) is 11.8 Å². The minimum atomic E-state index is -0.520. The van der Waals surface area contributed by atoms with Crippen molar-refractivity contribution in [2.75, 3.05) is 12.0 Å². The van der Waals surface area contributed by atoms with E-state index in [0.717, 1.165) is 33.8 Å². The second-order valence-corrected chi connectivity index (χ2v) is 8.42. The number of hydrogen-bond acceptors (Lipinski definition) is 4. The van der Waals surface area contributed by atoms with E-state index in [1.807, 2.05) is 26.0 Å². The summed E-state index contributed by atoms with van der Waals surface area (Å²) in [6, 6.07) is 15.2. The summed E-state index contributed by atoms with van der Waals surface area (Å²) in [7, 11) is 1.52. The van der Waals surface area contributed by atoms with Crippen molar-refractivity contribution in [3.8, 4) is 11.4 Å². The van der Waals surface area contributed by atoms with Gasteiger partial charge in [0.2, 0.25) is 0 Å². The molecule has 3 aromatic rings. The standard InChI is InChI=1S/C26H25N3O3S/c1-15-9-8-10-16(2)23(15)28-17(3)13-19(18(28)4)14-20-24(30)27-26(33)29(25(20)31)21-11-6-7-12-22(21)32-5/h6-14H,1-5H3,(H,27,30,33)/b20-14+. The molecule has 1 aliphatic heterocycles. The first-order valence-electron chi connectivity index (χ1n) is 10.5. The molecule has 2 aromatic carbocycles. The number of carbonyl (C=O) groups is 2. The molecule has 0 atom stereocenters. The summed E-state index contributed by atoms with van der Waals surface area (Å²) in [5, 5.41) is 2.66. The maximum absolute atomic E-state index is 13.4. The molecule has 6 nitrogen and oxygen atoms in total. The monoisotopic (exact) mass is 459 g/mol. The van der Waals surface area contributed by atoms with Gasteiger partial charge in [0.25, 0.3) is 11.8 Å². The van der Waals surface area contributed by atoms with E-state index in [1.165, 1.54) is 12.0 Å². The maximum Gasteiger partial charge on any atom is 0.270 e. The highest BCUT2D eigenvalue weighted by atomic mass is 32.1. The van der Waals surface area contributed by atoms with Crippen molar-refractivity contribution in [3.05, 3.63) is 82.2 Å². The van der Waals surface area contributed by atoms with Crippen molar-refractivity contribution < 1.29 is 14.3 Å². The van der Waals surface area contributed by atoms with Crippen molar-refractivity contribution in [1.29, 1.82) is 0 Å². The molecule has 1 aromatic heterocycles. The number of anilines is 1. The summed E-state index contributed by atoms with van der Waals surface area (Å²) in [4.78, 5) is 27.5. The Balaban J connectivity index is 1.82. The number of nitrogens with zero attached hydrogens (tertiary/aromatic N) is 2. The molecule has 0 bridgehead atoms. The Kier molecular flexibility index (Phi) is 5.91. The first kappa shape index (κ1) is 22.5. The van der Waals surface area contributed by atoms with E-state index in [1.54, 1.807) is 30.3 Å². The summed E-state index contributed by atoms with van der Waals surface area (Å²) in [6.07, 6.45) is 1.63. The van der Waals surface area contributed by atoms with Gasteiger partial charge < -0.3 is 9.30 Å². The van der Waals surface area contributed by atoms with E-state index < -0.39 is 11.8 Å². The number of aryl methyl sites for hydroxylation is 3. The van der Waals surface area contributed by atoms with Crippen molar-refractivity contribution >= 4 is 40.9 Å². The van der Waals surface area contributed by atoms with Gasteiger partial charge in [-0.25, -0.2) is 4.90 Å². The Hall–Kier alpha value is -3.71. The smallest absolute Gasteiger partial charge is 0.270 e. The van der Waals surface area contributed by atoms with Gasteiger partial charge >= 0.3 is 0 Å². The molecule has 2 heterocycles. The van der Waals surface area contributed by atoms with Gasteiger partial charge in [-0.3, -0.25) is 14.9 Å². The zero-order valence-electron chi connectivity index (χ0n) is 19.2. The normalized spacial score (nSPS) is 15.2. The molecule has 7 heteroatoms. The summed E-state index contributed by atoms with van der Waals surface area (Å²) in [6.45, 7) is 8.14. The van der Waals surface area contributed by atoms with Crippen LogP contribution in [-0.4, -0.2) is 28.6 Å². The van der Waals surface area contributed by atoms with Gasteiger partial charge in [-0.2, -0.15) is 0 Å². The molecule has 0 radical (unpaired) electrons. The predicted molar refractivity (Wildman–Crippen MR) is 134 cm³/mol. The number of nitrogens with one attached hydrogen (secondary N) is 1. The van der Waals surface area contributed by atoms with E-state index in [4.69, 9.17) is 17.0 Å². The van der Waals surface area contributed by atoms with Gasteiger partial charge in [0.05, 0.1) is 18.5 Å². The Morgan fingerprint density at radius 3 is 2.30 bits per heavy atom. The first-order valence-corrected chi connectivity index (χ1v) is 11.0. The van der Waals surface area contributed by atoms with E-state index >= 15 is 0 Å². The number of hydrogen-bond donors (Lipinski definition) is 1. The molecular weight excluding hydrogens is 434 g/mol. The van der Waals surface area contributed by atoms with Crippen LogP contribution in [0.4, 0.5) is 5.69 Å². The lowest BCUT2D eigenvalue weighted by molar-refractivity contribution is -0.122. The fourth-order valence-electron chi connectivity index (χ4n) is 4.28. The van der Waals surface area contributed by atoms with Gasteiger partial charge in [0.1, 0.15) is 11.3 Å². The second-order valence-electron chi connectivity index (χ2n) is 8.03. The number of methoxy groups -OCH3 is 1. The highest BCUT2D eigenvalue weighted by molar-refractivity contribution is 7.80. The number of rotatable bonds is 4. The Labute approximate surface area is 198 Å². The molecule has 1 saturated heterocycles. The Bertz CT molecular complexity index is 1320. The first-order chi connectivity index (χ1) is 15.7. The van der Waals surface area contributed by atoms with Crippen molar-refractivity contribution in [2.24, 2.45) is 0 Å². The lowest BCUT2D eigenvalue weighted by Gasteiger charge is -2.29. The van der Waals surface area contributed by atoms with Crippen LogP contribution in [0.1, 0.15) is 28.1 Å². The molecule has 0 saturated carbocycles. The van der Waals surface area contributed by atoms with Crippen LogP contribution in [0.3, 0.4) is 0 Å². The lowest BCUT2D eigenvalue weighted by atomic mass is 10.1. The van der Waals surface area contributed by atoms with Crippen LogP contribution in [0.15, 0.2) is 54.1 Å². The number of carbonyl (C=O) groups excluding carboxylic acids is 2. The van der Waals surface area contributed by atoms with Gasteiger partial charge in [-0.1, -0.05) is 30.3 Å². The number of benzene rings is 2. The van der Waals surface area contributed by atoms with E-state index in [0.29, 0.717) is 11.4 Å². The van der Waals surface area contributed by atoms with Crippen LogP contribution >= 0.6 is 12.2 Å². The third-order valence-corrected chi connectivity index (χ3v) is 6.15. The molecule has 4 rings (SSSR count). The molecule has 168 valence electrons. The van der Waals surface area contributed by atoms with Crippen LogP contribution in [0.5, 0.6) is 5.75 Å². The van der Waals surface area contributed by atoms with E-state index in [2.05, 4.69) is 35.9 Å². The van der Waals surface area contributed by atoms with Gasteiger partial charge in [0, 0.05) is 11.4 Å². The largest absolute Gasteiger partial charge is 0.495 e. The Morgan fingerprint density at radius 2 is 1.64 bits per heavy atom. The van der Waals surface area contributed by atoms with Crippen LogP contribution < -0.4 is 15.0 Å². The number of para-hydroxylation sites is 3. The predicted octanol–water partition coefficient (Wildman–Crippen LogP) is 4.55. The van der Waals surface area contributed by atoms with Crippen molar-refractivity contribution in [3.63, 3.8) is 0 Å². The highest BCUT2D eigenvalue weighted by Crippen LogP contribution is 2.32. The summed E-state index contributed by atoms with van der Waals surface area (Å²) < 4.78 is 7.55. The fourth-order valence-corrected chi connectivity index (χ4v) is 4.56. The Morgan fingerprint density at radius 1 is 0.970 bits per heavy atom. The van der Waals surface area contributed by atoms with Gasteiger partial charge in [-0.05, 0) is 80.9 Å². The second kappa shape index (κ2) is 8.67. The zero-order chi connectivity index (χ0) is 23.9. The quantitative estimate of drug-likeness (QED) is 0.353. The summed E-state index contributed by atoms with van der Waals surface area (Å²) in [5.41, 5.74) is 6.63. The fraction of sp³-hybridized carbons (Fsp3) is 0.192. The van der Waals surface area contributed by atoms with Crippen LogP contribution in [-0.2, 0) is 9.59 Å². The highest BCUT2D eigenvalue weighted by Gasteiger charge is 2.36. The summed E-state index contributed by atoms with van der Waals surface area (Å²) >= 11 is 5.32. The molecule has 0 aliphatic carbocycles. The summed E-state index contributed by atoms with van der Waals surface area (Å²) in [5.74, 6) is -0.532. The molecule has 33 heavy (non-hydrogen) atoms. The molecule has 1 N–H and O–H groups in total. The molecule has 1 fully saturated rings. The van der Waals surface area contributed by atoms with Crippen molar-refractivity contribution in [1.82, 2.24) is 9.88 Å². The number of aromatic nitrogens is 1. The molecule has 0 spiro atoms. The third kappa shape index (κ3) is 3.85. The minimum absolute atomic E-state index is 0.0104. The molecule has 1 aliphatic rings. The average Bonchev–Trinajstić information content (AvgIpc) is 3.04. The van der Waals surface area contributed by atoms with Crippen LogP contribution in [0.2, 0.25) is 0 Å². The number of amides is 2. The van der Waals surface area contributed by atoms with Crippen molar-refractivity contribution in [2.45, 2.75) is 27.7 Å². The SMILES string of the molecule is COc1ccccc1N1C(=O)/C(=C/c2cc(C)n(-c3c(C)cccc3C)c2C)C(=O)NC1=S. The number of ether oxygens (including phenoxy) is 1. The van der Waals surface area contributed by atoms with E-state index in [9.17, 15) is 9.59 Å². The molecular formula is C26H25N3O3S. The topological polar surface area (TPSA) is 63.6 Å². The molecule has 0 unspecified atom stereocenters. The lowest BCUT2D eigenvalue weighted by Crippen LogP contribution is -2.54. The minimum Gasteiger partial charge on any atom is -0.495 e. The van der Waals surface area contributed by atoms with Gasteiger partial charge in [-0.15, -0.1) is 0 Å². The third-order valence-electron chi connectivity index (χ3n) is 5.86. The van der Waals surface area contributed by atoms with Crippen LogP contribution in [0, 0.1) is 27.7 Å². The van der Waals surface area contributed by atoms with E-state index in [-0.39, 0.29) is 10.7 Å². The zero-order valence-corrected chi connectivity index (χ0v) is 20.0. The maximum atomic E-state index is 13.4. The average molecular weight is 460 g/mol. The number of thiocarbonyl (C=S) groups is 1. The van der Waals surface area contributed by atoms with Gasteiger partial charge in [0.15, 0.2) is 5.11 Å². The molecule has 2 amide bonds.